The van der Waals surface area contributed by atoms with Crippen LogP contribution in [0.2, 0.25) is 0 Å². The van der Waals surface area contributed by atoms with Crippen LogP contribution in [0.1, 0.15) is 49.5 Å². The molecule has 3 rings (SSSR count). The first-order chi connectivity index (χ1) is 10.6. The molecule has 1 aliphatic heterocycles. The number of aliphatic hydroxyl groups is 1. The van der Waals surface area contributed by atoms with Crippen LogP contribution in [0.15, 0.2) is 12.1 Å². The van der Waals surface area contributed by atoms with Crippen molar-refractivity contribution in [1.29, 1.82) is 0 Å². The number of carbonyl (C=O) groups is 1. The van der Waals surface area contributed by atoms with Crippen molar-refractivity contribution in [1.82, 2.24) is 15.5 Å². The third-order valence-electron chi connectivity index (χ3n) is 5.06. The second-order valence-electron chi connectivity index (χ2n) is 6.70. The Morgan fingerprint density at radius 3 is 2.77 bits per heavy atom. The molecule has 0 bridgehead atoms. The zero-order valence-corrected chi connectivity index (χ0v) is 13.1. The first-order valence-electron chi connectivity index (χ1n) is 8.13. The predicted molar refractivity (Wildman–Crippen MR) is 83.8 cm³/mol. The summed E-state index contributed by atoms with van der Waals surface area (Å²) in [6.07, 6.45) is 5.24. The summed E-state index contributed by atoms with van der Waals surface area (Å²) in [6, 6.07) is 3.61. The number of nitrogens with zero attached hydrogens (tertiary/aromatic N) is 3. The van der Waals surface area contributed by atoms with Crippen molar-refractivity contribution in [3.8, 4) is 0 Å². The van der Waals surface area contributed by atoms with Crippen molar-refractivity contribution >= 4 is 11.7 Å². The second kappa shape index (κ2) is 6.20. The van der Waals surface area contributed by atoms with Gasteiger partial charge in [-0.05, 0) is 37.8 Å². The molecular formula is C16H24N4O2. The summed E-state index contributed by atoms with van der Waals surface area (Å²) in [5.41, 5.74) is 0.119. The summed E-state index contributed by atoms with van der Waals surface area (Å²) in [4.78, 5) is 14.5. The fourth-order valence-corrected chi connectivity index (χ4v) is 3.46. The lowest BCUT2D eigenvalue weighted by Crippen LogP contribution is -2.45. The molecule has 1 aromatic rings. The Morgan fingerprint density at radius 1 is 1.36 bits per heavy atom. The van der Waals surface area contributed by atoms with Gasteiger partial charge in [0.25, 0.3) is 5.91 Å². The highest BCUT2D eigenvalue weighted by atomic mass is 16.3. The Morgan fingerprint density at radius 2 is 2.14 bits per heavy atom. The van der Waals surface area contributed by atoms with Gasteiger partial charge in [0.05, 0.1) is 6.61 Å². The molecule has 6 nitrogen and oxygen atoms in total. The van der Waals surface area contributed by atoms with Gasteiger partial charge in [-0.25, -0.2) is 0 Å². The zero-order valence-electron chi connectivity index (χ0n) is 13.1. The van der Waals surface area contributed by atoms with E-state index in [9.17, 15) is 9.90 Å². The third-order valence-corrected chi connectivity index (χ3v) is 5.06. The van der Waals surface area contributed by atoms with Crippen molar-refractivity contribution in [2.24, 2.45) is 5.41 Å². The van der Waals surface area contributed by atoms with Crippen molar-refractivity contribution in [3.05, 3.63) is 17.8 Å². The van der Waals surface area contributed by atoms with Gasteiger partial charge in [0.2, 0.25) is 0 Å². The molecule has 0 radical (unpaired) electrons. The number of carbonyl (C=O) groups excluding carboxylic acids is 1. The van der Waals surface area contributed by atoms with E-state index in [1.165, 1.54) is 12.8 Å². The second-order valence-corrected chi connectivity index (χ2v) is 6.70. The fraction of sp³-hybridized carbons (Fsp3) is 0.688. The highest BCUT2D eigenvalue weighted by molar-refractivity contribution is 5.92. The Kier molecular flexibility index (Phi) is 4.29. The molecule has 2 heterocycles. The Balaban J connectivity index is 1.65. The maximum Gasteiger partial charge on any atom is 0.272 e. The summed E-state index contributed by atoms with van der Waals surface area (Å²) in [7, 11) is 0. The van der Waals surface area contributed by atoms with E-state index in [0.29, 0.717) is 5.69 Å². The van der Waals surface area contributed by atoms with E-state index in [-0.39, 0.29) is 24.0 Å². The Hall–Kier alpha value is -1.69. The molecule has 1 aliphatic carbocycles. The van der Waals surface area contributed by atoms with Crippen molar-refractivity contribution in [3.63, 3.8) is 0 Å². The minimum Gasteiger partial charge on any atom is -0.396 e. The van der Waals surface area contributed by atoms with Gasteiger partial charge in [-0.2, -0.15) is 0 Å². The molecule has 2 aliphatic rings. The highest BCUT2D eigenvalue weighted by Crippen LogP contribution is 2.37. The summed E-state index contributed by atoms with van der Waals surface area (Å²) < 4.78 is 0. The van der Waals surface area contributed by atoms with E-state index in [1.54, 1.807) is 6.07 Å². The van der Waals surface area contributed by atoms with Crippen LogP contribution in [0.25, 0.3) is 0 Å². The van der Waals surface area contributed by atoms with Crippen molar-refractivity contribution in [2.45, 2.75) is 45.1 Å². The molecule has 2 atom stereocenters. The lowest BCUT2D eigenvalue weighted by molar-refractivity contribution is 0.0825. The Labute approximate surface area is 130 Å². The van der Waals surface area contributed by atoms with Gasteiger partial charge in [-0.15, -0.1) is 10.2 Å². The number of anilines is 1. The van der Waals surface area contributed by atoms with Gasteiger partial charge in [-0.1, -0.05) is 13.3 Å². The molecule has 2 N–H and O–H groups in total. The fourth-order valence-electron chi connectivity index (χ4n) is 3.46. The smallest absolute Gasteiger partial charge is 0.272 e. The molecule has 120 valence electrons. The highest BCUT2D eigenvalue weighted by Gasteiger charge is 2.39. The third kappa shape index (κ3) is 2.92. The number of amides is 1. The van der Waals surface area contributed by atoms with E-state index in [2.05, 4.69) is 20.4 Å². The van der Waals surface area contributed by atoms with Crippen LogP contribution in [-0.4, -0.2) is 46.9 Å². The van der Waals surface area contributed by atoms with Gasteiger partial charge < -0.3 is 15.3 Å². The van der Waals surface area contributed by atoms with E-state index < -0.39 is 0 Å². The quantitative estimate of drug-likeness (QED) is 0.878. The lowest BCUT2D eigenvalue weighted by atomic mass is 9.86. The van der Waals surface area contributed by atoms with Crippen LogP contribution in [-0.2, 0) is 0 Å². The maximum atomic E-state index is 12.3. The average molecular weight is 304 g/mol. The van der Waals surface area contributed by atoms with Crippen LogP contribution < -0.4 is 10.2 Å². The van der Waals surface area contributed by atoms with Gasteiger partial charge >= 0.3 is 0 Å². The van der Waals surface area contributed by atoms with Gasteiger partial charge in [-0.3, -0.25) is 4.79 Å². The largest absolute Gasteiger partial charge is 0.396 e. The van der Waals surface area contributed by atoms with E-state index >= 15 is 0 Å². The van der Waals surface area contributed by atoms with Crippen LogP contribution in [0.3, 0.4) is 0 Å². The monoisotopic (exact) mass is 304 g/mol. The molecule has 1 aromatic heterocycles. The number of aliphatic hydroxyl groups excluding tert-OH is 1. The standard InChI is InChI=1S/C16H24N4O2/c1-16(11-21)8-4-5-13(16)17-15(22)12-6-7-14(19-18-12)20-9-2-3-10-20/h6-7,13,21H,2-5,8-11H2,1H3,(H,17,22). The predicted octanol–water partition coefficient (Wildman–Crippen LogP) is 1.36. The molecule has 0 spiro atoms. The number of aromatic nitrogens is 2. The van der Waals surface area contributed by atoms with Gasteiger partial charge in [0.1, 0.15) is 0 Å². The van der Waals surface area contributed by atoms with Crippen LogP contribution in [0, 0.1) is 5.41 Å². The van der Waals surface area contributed by atoms with Crippen LogP contribution in [0.5, 0.6) is 0 Å². The van der Waals surface area contributed by atoms with E-state index in [1.807, 2.05) is 13.0 Å². The first-order valence-corrected chi connectivity index (χ1v) is 8.13. The minimum absolute atomic E-state index is 0.00468. The number of nitrogens with one attached hydrogen (secondary N) is 1. The van der Waals surface area contributed by atoms with Crippen LogP contribution >= 0.6 is 0 Å². The summed E-state index contributed by atoms with van der Waals surface area (Å²) in [5.74, 6) is 0.641. The average Bonchev–Trinajstić information content (AvgIpc) is 3.19. The van der Waals surface area contributed by atoms with Crippen molar-refractivity contribution < 1.29 is 9.90 Å². The molecule has 0 aromatic carbocycles. The SMILES string of the molecule is CC1(CO)CCCC1NC(=O)c1ccc(N2CCCC2)nn1. The van der Waals surface area contributed by atoms with E-state index in [0.717, 1.165) is 38.2 Å². The number of hydrogen-bond donors (Lipinski definition) is 2. The minimum atomic E-state index is -0.224. The van der Waals surface area contributed by atoms with Gasteiger partial charge in [0, 0.05) is 24.5 Å². The molecule has 1 saturated carbocycles. The van der Waals surface area contributed by atoms with Gasteiger partial charge in [0.15, 0.2) is 11.5 Å². The topological polar surface area (TPSA) is 78.4 Å². The van der Waals surface area contributed by atoms with Crippen LogP contribution in [0.4, 0.5) is 5.82 Å². The molecule has 22 heavy (non-hydrogen) atoms. The molecule has 2 fully saturated rings. The van der Waals surface area contributed by atoms with E-state index in [4.69, 9.17) is 0 Å². The number of hydrogen-bond acceptors (Lipinski definition) is 5. The maximum absolute atomic E-state index is 12.3. The summed E-state index contributed by atoms with van der Waals surface area (Å²) >= 11 is 0. The Bertz CT molecular complexity index is 527. The summed E-state index contributed by atoms with van der Waals surface area (Å²) in [5, 5.41) is 20.8. The normalized spacial score (nSPS) is 28.1. The zero-order chi connectivity index (χ0) is 15.6. The molecular weight excluding hydrogens is 280 g/mol. The lowest BCUT2D eigenvalue weighted by Gasteiger charge is -2.29. The molecule has 1 saturated heterocycles. The first kappa shape index (κ1) is 15.2. The van der Waals surface area contributed by atoms with Crippen molar-refractivity contribution in [2.75, 3.05) is 24.6 Å². The molecule has 1 amide bonds. The molecule has 6 heteroatoms. The summed E-state index contributed by atoms with van der Waals surface area (Å²) in [6.45, 7) is 4.14. The molecule has 2 unspecified atom stereocenters. The number of rotatable bonds is 4.